The van der Waals surface area contributed by atoms with Crippen molar-refractivity contribution in [1.29, 1.82) is 0 Å². The average Bonchev–Trinajstić information content (AvgIpc) is 2.78. The summed E-state index contributed by atoms with van der Waals surface area (Å²) >= 11 is 0. The molecule has 207 valence electrons. The molecule has 4 atom stereocenters. The van der Waals surface area contributed by atoms with Crippen molar-refractivity contribution in [2.75, 3.05) is 0 Å². The SMILES string of the molecule is C=C[C-]=O.C=C[C-]=O.C=C[C-]=O.[CH2-]/C=C\[Si]1(C)O[Si](C)(/C=C\[CH2-])O[Si](C)(CC)O[Si](C)(/C=C/[CH2-])O1.[V+2].[V+2].[V+2]. The Labute approximate surface area is 270 Å². The van der Waals surface area contributed by atoms with Crippen LogP contribution < -0.4 is 0 Å². The van der Waals surface area contributed by atoms with Gasteiger partial charge in [0.1, 0.15) is 0 Å². The van der Waals surface area contributed by atoms with E-state index in [4.69, 9.17) is 30.8 Å². The molecule has 14 heteroatoms. The molecule has 0 amide bonds. The molecule has 0 N–H and O–H groups in total. The Morgan fingerprint density at radius 3 is 0.974 bits per heavy atom. The van der Waals surface area contributed by atoms with Crippen LogP contribution in [0.1, 0.15) is 6.92 Å². The summed E-state index contributed by atoms with van der Waals surface area (Å²) < 4.78 is 26.1. The summed E-state index contributed by atoms with van der Waals surface area (Å²) in [6.07, 6.45) is 12.8. The first-order valence-electron chi connectivity index (χ1n) is 10.5. The molecule has 1 aliphatic heterocycles. The third-order valence-electron chi connectivity index (χ3n) is 3.80. The Morgan fingerprint density at radius 2 is 0.816 bits per heavy atom. The van der Waals surface area contributed by atoms with Gasteiger partial charge in [0.2, 0.25) is 0 Å². The van der Waals surface area contributed by atoms with E-state index in [2.05, 4.69) is 54.0 Å². The van der Waals surface area contributed by atoms with E-state index < -0.39 is 34.2 Å². The Kier molecular flexibility index (Phi) is 37.2. The maximum absolute atomic E-state index is 8.93. The Balaban J connectivity index is -0.000000144. The maximum Gasteiger partial charge on any atom is 2.00 e. The molecule has 7 nitrogen and oxygen atoms in total. The minimum Gasteiger partial charge on any atom is -0.433 e. The first-order valence-corrected chi connectivity index (χ1v) is 20.2. The fourth-order valence-electron chi connectivity index (χ4n) is 2.74. The topological polar surface area (TPSA) is 88.1 Å². The predicted octanol–water partition coefficient (Wildman–Crippen LogP) is 5.00. The van der Waals surface area contributed by atoms with E-state index in [-0.39, 0.29) is 55.7 Å². The number of rotatable bonds is 7. The van der Waals surface area contributed by atoms with Crippen LogP contribution in [0.25, 0.3) is 0 Å². The zero-order valence-corrected chi connectivity index (χ0v) is 31.0. The van der Waals surface area contributed by atoms with Crippen LogP contribution in [0.2, 0.25) is 32.2 Å². The summed E-state index contributed by atoms with van der Waals surface area (Å²) in [5, 5.41) is 0. The van der Waals surface area contributed by atoms with Crippen LogP contribution in [-0.4, -0.2) is 53.1 Å². The van der Waals surface area contributed by atoms with Gasteiger partial charge in [-0.15, -0.1) is 0 Å². The van der Waals surface area contributed by atoms with Crippen molar-refractivity contribution in [1.82, 2.24) is 0 Å². The van der Waals surface area contributed by atoms with Crippen molar-refractivity contribution < 1.29 is 86.5 Å². The van der Waals surface area contributed by atoms with Gasteiger partial charge < -0.3 is 30.8 Å². The molecule has 1 aliphatic rings. The van der Waals surface area contributed by atoms with Crippen LogP contribution in [0.3, 0.4) is 0 Å². The molecule has 0 aromatic heterocycles. The molecule has 0 saturated carbocycles. The third-order valence-corrected chi connectivity index (χ3v) is 20.8. The van der Waals surface area contributed by atoms with Gasteiger partial charge in [0.25, 0.3) is 25.7 Å². The standard InChI is InChI=1S/C15H29O4Si4.3C3H3O.3V/c1-9-13-21(6)16-20(5,12-4)17-22(7,14-10-2)19-23(8,18-21)15-11-3;3*1-2-3-4;;;/h9-11,13-15H,1-3,12H2,4-8H3;3*2H,1H2;;;/q-3;3*-1;3*+2/b13-9-,14-10+,15-11-;;;;;;. The van der Waals surface area contributed by atoms with E-state index in [1.54, 1.807) is 18.2 Å². The van der Waals surface area contributed by atoms with E-state index in [0.29, 0.717) is 0 Å². The summed E-state index contributed by atoms with van der Waals surface area (Å²) in [4.78, 5) is 26.8. The second-order valence-electron chi connectivity index (χ2n) is 7.12. The molecule has 1 rings (SSSR count). The van der Waals surface area contributed by atoms with Crippen LogP contribution in [0.5, 0.6) is 0 Å². The quantitative estimate of drug-likeness (QED) is 0.210. The molecule has 4 unspecified atom stereocenters. The van der Waals surface area contributed by atoms with E-state index in [9.17, 15) is 0 Å². The van der Waals surface area contributed by atoms with Crippen molar-refractivity contribution in [3.8, 4) is 0 Å². The minimum atomic E-state index is -2.65. The summed E-state index contributed by atoms with van der Waals surface area (Å²) in [7, 11) is -10.3. The molecule has 0 bridgehead atoms. The van der Waals surface area contributed by atoms with E-state index in [1.807, 2.05) is 36.7 Å². The molecule has 0 aliphatic carbocycles. The zero-order valence-electron chi connectivity index (χ0n) is 22.8. The maximum atomic E-state index is 8.93. The van der Waals surface area contributed by atoms with Gasteiger partial charge >= 0.3 is 64.2 Å². The summed E-state index contributed by atoms with van der Waals surface area (Å²) in [6, 6.07) is 0.824. The third kappa shape index (κ3) is 24.6. The van der Waals surface area contributed by atoms with E-state index >= 15 is 0 Å². The Hall–Kier alpha value is -0.479. The average molecular weight is 704 g/mol. The fraction of sp³-hybridized carbons (Fsp3) is 0.250. The fourth-order valence-corrected chi connectivity index (χ4v) is 22.3. The first kappa shape index (κ1) is 50.4. The van der Waals surface area contributed by atoms with E-state index in [0.717, 1.165) is 24.3 Å². The van der Waals surface area contributed by atoms with E-state index in [1.165, 1.54) is 18.9 Å². The van der Waals surface area contributed by atoms with Crippen molar-refractivity contribution in [3.05, 3.63) is 94.1 Å². The van der Waals surface area contributed by atoms with Crippen molar-refractivity contribution in [3.63, 3.8) is 0 Å². The smallest absolute Gasteiger partial charge is 0.433 e. The largest absolute Gasteiger partial charge is 2.00 e. The summed E-state index contributed by atoms with van der Waals surface area (Å²) in [5.41, 5.74) is 5.83. The van der Waals surface area contributed by atoms with Gasteiger partial charge in [0, 0.05) is 0 Å². The first-order chi connectivity index (χ1) is 16.3. The molecule has 1 saturated heterocycles. The van der Waals surface area contributed by atoms with Gasteiger partial charge in [-0.3, -0.25) is 0 Å². The Bertz CT molecular complexity index is 691. The van der Waals surface area contributed by atoms with Gasteiger partial charge in [-0.25, -0.2) is 77.0 Å². The predicted molar refractivity (Wildman–Crippen MR) is 152 cm³/mol. The van der Waals surface area contributed by atoms with Gasteiger partial charge in [0.05, 0.1) is 0 Å². The molecule has 3 radical (unpaired) electrons. The van der Waals surface area contributed by atoms with Gasteiger partial charge in [-0.05, 0) is 51.1 Å². The number of hydrogen-bond acceptors (Lipinski definition) is 7. The number of hydrogen-bond donors (Lipinski definition) is 0. The minimum absolute atomic E-state index is 0. The molecule has 38 heavy (non-hydrogen) atoms. The second kappa shape index (κ2) is 28.1. The molecular formula is C24H38O7Si4V3. The monoisotopic (exact) mass is 703 g/mol. The number of carbonyl (C=O) groups excluding carboxylic acids is 3. The molecule has 1 heterocycles. The van der Waals surface area contributed by atoms with Gasteiger partial charge in [-0.2, -0.15) is 17.1 Å². The summed E-state index contributed by atoms with van der Waals surface area (Å²) in [6.45, 7) is 30.8. The second-order valence-corrected chi connectivity index (χ2v) is 20.5. The van der Waals surface area contributed by atoms with Crippen LogP contribution in [0.4, 0.5) is 0 Å². The van der Waals surface area contributed by atoms with Crippen molar-refractivity contribution in [2.45, 2.75) is 39.2 Å². The molecule has 0 spiro atoms. The van der Waals surface area contributed by atoms with Crippen LogP contribution in [0, 0.1) is 20.8 Å². The van der Waals surface area contributed by atoms with Crippen molar-refractivity contribution >= 4 is 53.1 Å². The van der Waals surface area contributed by atoms with Crippen LogP contribution in [0.15, 0.2) is 73.3 Å². The normalized spacial score (nSPS) is 27.7. The van der Waals surface area contributed by atoms with Gasteiger partial charge in [-0.1, -0.05) is 6.92 Å². The molecule has 0 aromatic carbocycles. The number of allylic oxidation sites excluding steroid dienone is 6. The molecule has 1 fully saturated rings. The summed E-state index contributed by atoms with van der Waals surface area (Å²) in [5.74, 6) is 0. The van der Waals surface area contributed by atoms with Gasteiger partial charge in [0.15, 0.2) is 0 Å². The van der Waals surface area contributed by atoms with Crippen molar-refractivity contribution in [2.24, 2.45) is 0 Å². The molecular weight excluding hydrogens is 665 g/mol. The van der Waals surface area contributed by atoms with Crippen LogP contribution >= 0.6 is 0 Å². The van der Waals surface area contributed by atoms with Crippen LogP contribution in [-0.2, 0) is 86.5 Å². The Morgan fingerprint density at radius 1 is 0.605 bits per heavy atom. The molecule has 0 aromatic rings. The zero-order chi connectivity index (χ0) is 28.0.